The Balaban J connectivity index is 1.65. The number of benzene rings is 3. The summed E-state index contributed by atoms with van der Waals surface area (Å²) in [6, 6.07) is 16.8. The topological polar surface area (TPSA) is 75.7 Å². The first-order valence-electron chi connectivity index (χ1n) is 9.75. The van der Waals surface area contributed by atoms with Crippen LogP contribution in [0.1, 0.15) is 22.3 Å². The van der Waals surface area contributed by atoms with E-state index in [9.17, 15) is 17.6 Å². The van der Waals surface area contributed by atoms with Crippen LogP contribution in [0.2, 0.25) is 0 Å². The van der Waals surface area contributed by atoms with Gasteiger partial charge in [-0.25, -0.2) is 12.8 Å². The number of nitrogens with one attached hydrogen (secondary N) is 1. The lowest BCUT2D eigenvalue weighted by atomic mass is 10.0. The average Bonchev–Trinajstić information content (AvgIpc) is 2.79. The maximum Gasteiger partial charge on any atom is 0.264 e. The van der Waals surface area contributed by atoms with E-state index in [1.165, 1.54) is 23.5 Å². The van der Waals surface area contributed by atoms with Crippen LogP contribution in [0.4, 0.5) is 15.8 Å². The molecular weight excluding hydrogens is 419 g/mol. The Labute approximate surface area is 180 Å². The van der Waals surface area contributed by atoms with Crippen molar-refractivity contribution in [3.63, 3.8) is 0 Å². The van der Waals surface area contributed by atoms with Gasteiger partial charge in [-0.3, -0.25) is 9.10 Å². The fourth-order valence-corrected chi connectivity index (χ4v) is 5.10. The molecule has 0 spiro atoms. The summed E-state index contributed by atoms with van der Waals surface area (Å²) in [7, 11) is -2.34. The van der Waals surface area contributed by atoms with Gasteiger partial charge in [-0.05, 0) is 73.0 Å². The summed E-state index contributed by atoms with van der Waals surface area (Å²) >= 11 is 0. The molecule has 0 atom stereocenters. The Morgan fingerprint density at radius 2 is 1.84 bits per heavy atom. The first kappa shape index (κ1) is 20.9. The second-order valence-corrected chi connectivity index (χ2v) is 9.03. The number of ether oxygens (including phenoxy) is 1. The molecule has 4 rings (SSSR count). The quantitative estimate of drug-likeness (QED) is 0.644. The van der Waals surface area contributed by atoms with Crippen molar-refractivity contribution in [2.45, 2.75) is 17.7 Å². The van der Waals surface area contributed by atoms with Gasteiger partial charge in [0, 0.05) is 17.8 Å². The molecule has 8 heteroatoms. The van der Waals surface area contributed by atoms with E-state index in [1.807, 2.05) is 6.07 Å². The lowest BCUT2D eigenvalue weighted by Gasteiger charge is -2.31. The zero-order valence-corrected chi connectivity index (χ0v) is 17.7. The molecule has 3 aromatic carbocycles. The normalized spacial score (nSPS) is 13.4. The number of hydrogen-bond acceptors (Lipinski definition) is 4. The van der Waals surface area contributed by atoms with E-state index in [4.69, 9.17) is 4.74 Å². The first-order valence-corrected chi connectivity index (χ1v) is 11.2. The van der Waals surface area contributed by atoms with Gasteiger partial charge in [0.2, 0.25) is 0 Å². The molecule has 0 unspecified atom stereocenters. The van der Waals surface area contributed by atoms with E-state index >= 15 is 0 Å². The van der Waals surface area contributed by atoms with Crippen LogP contribution in [0.15, 0.2) is 71.6 Å². The minimum Gasteiger partial charge on any atom is -0.497 e. The van der Waals surface area contributed by atoms with Crippen LogP contribution in [0.25, 0.3) is 0 Å². The molecule has 0 radical (unpaired) electrons. The molecular formula is C23H21FN2O4S. The highest BCUT2D eigenvalue weighted by Gasteiger charge is 2.29. The van der Waals surface area contributed by atoms with Crippen molar-refractivity contribution in [3.8, 4) is 5.75 Å². The summed E-state index contributed by atoms with van der Waals surface area (Å²) in [6.45, 7) is 0.306. The third kappa shape index (κ3) is 4.25. The van der Waals surface area contributed by atoms with Crippen LogP contribution in [0.5, 0.6) is 5.75 Å². The van der Waals surface area contributed by atoms with Crippen molar-refractivity contribution >= 4 is 27.3 Å². The Kier molecular flexibility index (Phi) is 5.65. The average molecular weight is 440 g/mol. The van der Waals surface area contributed by atoms with Gasteiger partial charge in [0.05, 0.1) is 17.7 Å². The number of carbonyl (C=O) groups is 1. The van der Waals surface area contributed by atoms with Crippen molar-refractivity contribution in [1.82, 2.24) is 0 Å². The van der Waals surface area contributed by atoms with Crippen molar-refractivity contribution < 1.29 is 22.3 Å². The number of nitrogens with zero attached hydrogens (tertiary/aromatic N) is 1. The number of sulfonamides is 1. The summed E-state index contributed by atoms with van der Waals surface area (Å²) in [5, 5.41) is 2.81. The van der Waals surface area contributed by atoms with Crippen molar-refractivity contribution in [3.05, 3.63) is 83.7 Å². The van der Waals surface area contributed by atoms with E-state index in [0.717, 1.165) is 24.1 Å². The number of hydrogen-bond donors (Lipinski definition) is 1. The van der Waals surface area contributed by atoms with Gasteiger partial charge in [-0.15, -0.1) is 0 Å². The molecule has 1 amide bonds. The molecule has 31 heavy (non-hydrogen) atoms. The molecule has 0 saturated heterocycles. The highest BCUT2D eigenvalue weighted by molar-refractivity contribution is 7.92. The van der Waals surface area contributed by atoms with Crippen LogP contribution >= 0.6 is 0 Å². The minimum atomic E-state index is -3.86. The highest BCUT2D eigenvalue weighted by atomic mass is 32.2. The largest absolute Gasteiger partial charge is 0.497 e. The van der Waals surface area contributed by atoms with E-state index in [0.29, 0.717) is 35.7 Å². The Morgan fingerprint density at radius 1 is 1.06 bits per heavy atom. The van der Waals surface area contributed by atoms with Gasteiger partial charge < -0.3 is 10.1 Å². The zero-order chi connectivity index (χ0) is 22.0. The molecule has 1 N–H and O–H groups in total. The number of rotatable bonds is 5. The predicted octanol–water partition coefficient (Wildman–Crippen LogP) is 4.23. The number of anilines is 2. The molecule has 1 aliphatic heterocycles. The zero-order valence-electron chi connectivity index (χ0n) is 16.8. The number of amides is 1. The second kappa shape index (κ2) is 8.39. The molecule has 0 aromatic heterocycles. The Bertz CT molecular complexity index is 1230. The standard InChI is InChI=1S/C23H21FN2O4S/c1-30-20-6-2-4-17(14-20)23(27)25-19-10-7-16-5-3-13-26(22(16)15-19)31(28,29)21-11-8-18(24)9-12-21/h2,4,6-12,14-15H,3,5,13H2,1H3,(H,25,27). The third-order valence-corrected chi connectivity index (χ3v) is 6.98. The minimum absolute atomic E-state index is 0.0209. The summed E-state index contributed by atoms with van der Waals surface area (Å²) in [5.41, 5.74) is 2.29. The van der Waals surface area contributed by atoms with Gasteiger partial charge in [0.15, 0.2) is 0 Å². The van der Waals surface area contributed by atoms with Crippen molar-refractivity contribution in [1.29, 1.82) is 0 Å². The molecule has 0 saturated carbocycles. The highest BCUT2D eigenvalue weighted by Crippen LogP contribution is 2.34. The second-order valence-electron chi connectivity index (χ2n) is 7.16. The van der Waals surface area contributed by atoms with Crippen LogP contribution in [-0.2, 0) is 16.4 Å². The lowest BCUT2D eigenvalue weighted by molar-refractivity contribution is 0.102. The van der Waals surface area contributed by atoms with E-state index < -0.39 is 15.8 Å². The smallest absolute Gasteiger partial charge is 0.264 e. The van der Waals surface area contributed by atoms with Gasteiger partial charge in [-0.1, -0.05) is 12.1 Å². The van der Waals surface area contributed by atoms with Crippen LogP contribution in [-0.4, -0.2) is 28.0 Å². The molecule has 160 valence electrons. The van der Waals surface area contributed by atoms with Gasteiger partial charge in [-0.2, -0.15) is 0 Å². The van der Waals surface area contributed by atoms with Crippen LogP contribution < -0.4 is 14.4 Å². The summed E-state index contributed by atoms with van der Waals surface area (Å²) in [4.78, 5) is 12.7. The van der Waals surface area contributed by atoms with Crippen LogP contribution in [0.3, 0.4) is 0 Å². The van der Waals surface area contributed by atoms with Crippen molar-refractivity contribution in [2.24, 2.45) is 0 Å². The number of carbonyl (C=O) groups excluding carboxylic acids is 1. The molecule has 0 aliphatic carbocycles. The van der Waals surface area contributed by atoms with E-state index in [-0.39, 0.29) is 10.8 Å². The fourth-order valence-electron chi connectivity index (χ4n) is 3.57. The number of halogens is 1. The van der Waals surface area contributed by atoms with E-state index in [2.05, 4.69) is 5.32 Å². The summed E-state index contributed by atoms with van der Waals surface area (Å²) in [6.07, 6.45) is 1.40. The molecule has 1 aliphatic rings. The summed E-state index contributed by atoms with van der Waals surface area (Å²) < 4.78 is 46.1. The molecule has 0 fully saturated rings. The number of methoxy groups -OCH3 is 1. The maximum atomic E-state index is 13.3. The Morgan fingerprint density at radius 3 is 2.58 bits per heavy atom. The maximum absolute atomic E-state index is 13.3. The summed E-state index contributed by atoms with van der Waals surface area (Å²) in [5.74, 6) is -0.266. The Hall–Kier alpha value is -3.39. The van der Waals surface area contributed by atoms with Gasteiger partial charge >= 0.3 is 0 Å². The number of aryl methyl sites for hydroxylation is 1. The SMILES string of the molecule is COc1cccc(C(=O)Nc2ccc3c(c2)N(S(=O)(=O)c2ccc(F)cc2)CCC3)c1. The van der Waals surface area contributed by atoms with Gasteiger partial charge in [0.25, 0.3) is 15.9 Å². The monoisotopic (exact) mass is 440 g/mol. The van der Waals surface area contributed by atoms with Crippen molar-refractivity contribution in [2.75, 3.05) is 23.3 Å². The molecule has 3 aromatic rings. The molecule has 6 nitrogen and oxygen atoms in total. The fraction of sp³-hybridized carbons (Fsp3) is 0.174. The third-order valence-electron chi connectivity index (χ3n) is 5.15. The molecule has 1 heterocycles. The predicted molar refractivity (Wildman–Crippen MR) is 117 cm³/mol. The van der Waals surface area contributed by atoms with Gasteiger partial charge in [0.1, 0.15) is 11.6 Å². The van der Waals surface area contributed by atoms with E-state index in [1.54, 1.807) is 36.4 Å². The lowest BCUT2D eigenvalue weighted by Crippen LogP contribution is -2.35. The van der Waals surface area contributed by atoms with Crippen LogP contribution in [0, 0.1) is 5.82 Å². The first-order chi connectivity index (χ1) is 14.9. The number of fused-ring (bicyclic) bond motifs is 1. The molecule has 0 bridgehead atoms.